The van der Waals surface area contributed by atoms with Crippen molar-refractivity contribution >= 4 is 32.6 Å². The molecule has 1 atom stereocenters. The number of imidazole rings is 1. The first-order valence-electron chi connectivity index (χ1n) is 10.8. The smallest absolute Gasteiger partial charge is 0.273 e. The lowest BCUT2D eigenvalue weighted by Gasteiger charge is -2.29. The van der Waals surface area contributed by atoms with E-state index in [1.807, 2.05) is 41.1 Å². The van der Waals surface area contributed by atoms with Gasteiger partial charge in [-0.2, -0.15) is 0 Å². The van der Waals surface area contributed by atoms with Crippen LogP contribution in [0.3, 0.4) is 0 Å². The maximum atomic E-state index is 13.7. The monoisotopic (exact) mass is 480 g/mol. The van der Waals surface area contributed by atoms with Gasteiger partial charge in [0.2, 0.25) is 6.10 Å². The van der Waals surface area contributed by atoms with Crippen LogP contribution in [0.2, 0.25) is 0 Å². The van der Waals surface area contributed by atoms with Crippen molar-refractivity contribution in [3.8, 4) is 23.0 Å². The van der Waals surface area contributed by atoms with Gasteiger partial charge in [0, 0.05) is 25.5 Å². The molecule has 2 aromatic heterocycles. The molecule has 2 aromatic carbocycles. The number of anilines is 1. The number of rotatable bonds is 8. The zero-order chi connectivity index (χ0) is 23.5. The standard InChI is InChI=1S/C24H24N4O5S/c1-30-18-8-9-19(31-2)22-21(18)26-24(34-22)28(12-5-11-27-13-10-25-15-27)23(29)20-14-32-16-6-3-4-7-17(16)33-20/h3-4,6-10,13,15,20H,5,11-12,14H2,1-2H3. The van der Waals surface area contributed by atoms with Crippen LogP contribution in [0.15, 0.2) is 55.1 Å². The zero-order valence-electron chi connectivity index (χ0n) is 18.8. The minimum Gasteiger partial charge on any atom is -0.495 e. The maximum absolute atomic E-state index is 13.7. The van der Waals surface area contributed by atoms with Crippen molar-refractivity contribution < 1.29 is 23.7 Å². The van der Waals surface area contributed by atoms with E-state index in [0.29, 0.717) is 53.2 Å². The Balaban J connectivity index is 1.46. The fourth-order valence-electron chi connectivity index (χ4n) is 3.84. The second-order valence-corrected chi connectivity index (χ2v) is 8.63. The molecule has 0 aliphatic carbocycles. The Morgan fingerprint density at radius 3 is 2.74 bits per heavy atom. The third kappa shape index (κ3) is 4.24. The average molecular weight is 481 g/mol. The lowest BCUT2D eigenvalue weighted by molar-refractivity contribution is -0.127. The van der Waals surface area contributed by atoms with Gasteiger partial charge in [-0.15, -0.1) is 0 Å². The van der Waals surface area contributed by atoms with Gasteiger partial charge in [-0.3, -0.25) is 9.69 Å². The van der Waals surface area contributed by atoms with E-state index >= 15 is 0 Å². The number of carbonyl (C=O) groups is 1. The summed E-state index contributed by atoms with van der Waals surface area (Å²) in [4.78, 5) is 24.2. The molecular weight excluding hydrogens is 456 g/mol. The molecule has 0 fully saturated rings. The highest BCUT2D eigenvalue weighted by Crippen LogP contribution is 2.40. The fourth-order valence-corrected chi connectivity index (χ4v) is 4.94. The Morgan fingerprint density at radius 1 is 1.18 bits per heavy atom. The molecule has 0 N–H and O–H groups in total. The van der Waals surface area contributed by atoms with E-state index in [0.717, 1.165) is 4.70 Å². The van der Waals surface area contributed by atoms with Crippen molar-refractivity contribution in [3.63, 3.8) is 0 Å². The number of amides is 1. The Bertz CT molecular complexity index is 1250. The van der Waals surface area contributed by atoms with Gasteiger partial charge in [0.05, 0.1) is 20.5 Å². The Hall–Kier alpha value is -3.79. The number of thiazole rings is 1. The summed E-state index contributed by atoms with van der Waals surface area (Å²) < 4.78 is 25.6. The molecule has 1 unspecified atom stereocenters. The first-order valence-corrected chi connectivity index (χ1v) is 11.7. The van der Waals surface area contributed by atoms with Gasteiger partial charge in [0.25, 0.3) is 5.91 Å². The van der Waals surface area contributed by atoms with Crippen LogP contribution >= 0.6 is 11.3 Å². The van der Waals surface area contributed by atoms with Crippen molar-refractivity contribution in [3.05, 3.63) is 55.1 Å². The van der Waals surface area contributed by atoms with Crippen LogP contribution in [0, 0.1) is 0 Å². The van der Waals surface area contributed by atoms with Crippen LogP contribution in [0.25, 0.3) is 10.2 Å². The summed E-state index contributed by atoms with van der Waals surface area (Å²) in [6.45, 7) is 1.29. The van der Waals surface area contributed by atoms with Crippen LogP contribution in [-0.4, -0.2) is 53.9 Å². The highest BCUT2D eigenvalue weighted by Gasteiger charge is 2.33. The molecule has 1 amide bonds. The summed E-state index contributed by atoms with van der Waals surface area (Å²) in [6.07, 6.45) is 5.32. The minimum absolute atomic E-state index is 0.130. The SMILES string of the molecule is COc1ccc(OC)c2sc(N(CCCn3ccnc3)C(=O)C3COc4ccccc4O3)nc12. The summed E-state index contributed by atoms with van der Waals surface area (Å²) in [5, 5.41) is 0.552. The fraction of sp³-hybridized carbons (Fsp3) is 0.292. The molecule has 3 heterocycles. The van der Waals surface area contributed by atoms with Gasteiger partial charge in [-0.25, -0.2) is 9.97 Å². The minimum atomic E-state index is -0.779. The molecule has 0 spiro atoms. The molecule has 176 valence electrons. The van der Waals surface area contributed by atoms with Crippen LogP contribution in [-0.2, 0) is 11.3 Å². The van der Waals surface area contributed by atoms with E-state index in [2.05, 4.69) is 4.98 Å². The molecule has 34 heavy (non-hydrogen) atoms. The van der Waals surface area contributed by atoms with Crippen molar-refractivity contribution in [1.82, 2.24) is 14.5 Å². The zero-order valence-corrected chi connectivity index (χ0v) is 19.7. The van der Waals surface area contributed by atoms with Gasteiger partial charge in [-0.05, 0) is 30.7 Å². The van der Waals surface area contributed by atoms with E-state index in [1.165, 1.54) is 11.3 Å². The van der Waals surface area contributed by atoms with Crippen molar-refractivity contribution in [2.24, 2.45) is 0 Å². The lowest BCUT2D eigenvalue weighted by Crippen LogP contribution is -2.47. The number of ether oxygens (including phenoxy) is 4. The van der Waals surface area contributed by atoms with E-state index in [-0.39, 0.29) is 12.5 Å². The average Bonchev–Trinajstić information content (AvgIpc) is 3.55. The van der Waals surface area contributed by atoms with Crippen molar-refractivity contribution in [2.45, 2.75) is 19.1 Å². The predicted molar refractivity (Wildman–Crippen MR) is 128 cm³/mol. The van der Waals surface area contributed by atoms with Gasteiger partial charge >= 0.3 is 0 Å². The molecule has 9 nitrogen and oxygen atoms in total. The molecule has 10 heteroatoms. The Labute approximate surface area is 200 Å². The van der Waals surface area contributed by atoms with E-state index in [1.54, 1.807) is 37.7 Å². The molecule has 4 aromatic rings. The topological polar surface area (TPSA) is 87.9 Å². The third-order valence-corrected chi connectivity index (χ3v) is 6.63. The lowest BCUT2D eigenvalue weighted by atomic mass is 10.2. The number of hydrogen-bond donors (Lipinski definition) is 0. The summed E-state index contributed by atoms with van der Waals surface area (Å²) >= 11 is 1.39. The number of carbonyl (C=O) groups excluding carboxylic acids is 1. The number of hydrogen-bond acceptors (Lipinski definition) is 8. The van der Waals surface area contributed by atoms with E-state index in [9.17, 15) is 4.79 Å². The van der Waals surface area contributed by atoms with Crippen LogP contribution in [0.5, 0.6) is 23.0 Å². The summed E-state index contributed by atoms with van der Waals surface area (Å²) in [5.41, 5.74) is 0.653. The maximum Gasteiger partial charge on any atom is 0.273 e. The normalized spacial score (nSPS) is 14.7. The summed E-state index contributed by atoms with van der Waals surface area (Å²) in [6, 6.07) is 11.0. The van der Waals surface area contributed by atoms with Crippen molar-refractivity contribution in [1.29, 1.82) is 0 Å². The summed E-state index contributed by atoms with van der Waals surface area (Å²) in [5.74, 6) is 2.27. The number of methoxy groups -OCH3 is 2. The first kappa shape index (κ1) is 22.0. The third-order valence-electron chi connectivity index (χ3n) is 5.54. The molecular formula is C24H24N4O5S. The van der Waals surface area contributed by atoms with Crippen LogP contribution in [0.1, 0.15) is 6.42 Å². The van der Waals surface area contributed by atoms with Crippen molar-refractivity contribution in [2.75, 3.05) is 32.3 Å². The van der Waals surface area contributed by atoms with Crippen LogP contribution in [0.4, 0.5) is 5.13 Å². The highest BCUT2D eigenvalue weighted by molar-refractivity contribution is 7.22. The number of benzene rings is 2. The number of aromatic nitrogens is 3. The molecule has 0 saturated heterocycles. The quantitative estimate of drug-likeness (QED) is 0.379. The summed E-state index contributed by atoms with van der Waals surface area (Å²) in [7, 11) is 3.21. The Kier molecular flexibility index (Phi) is 6.22. The number of para-hydroxylation sites is 2. The van der Waals surface area contributed by atoms with Gasteiger partial charge in [0.15, 0.2) is 16.6 Å². The second kappa shape index (κ2) is 9.60. The number of aryl methyl sites for hydroxylation is 1. The Morgan fingerprint density at radius 2 is 1.97 bits per heavy atom. The molecule has 1 aliphatic rings. The highest BCUT2D eigenvalue weighted by atomic mass is 32.1. The molecule has 0 saturated carbocycles. The predicted octanol–water partition coefficient (Wildman–Crippen LogP) is 3.77. The number of fused-ring (bicyclic) bond motifs is 2. The van der Waals surface area contributed by atoms with Gasteiger partial charge in [0.1, 0.15) is 28.3 Å². The first-order chi connectivity index (χ1) is 16.7. The molecule has 5 rings (SSSR count). The molecule has 1 aliphatic heterocycles. The largest absolute Gasteiger partial charge is 0.495 e. The molecule has 0 radical (unpaired) electrons. The van der Waals surface area contributed by atoms with Gasteiger partial charge in [-0.1, -0.05) is 23.5 Å². The molecule has 0 bridgehead atoms. The number of nitrogens with zero attached hydrogens (tertiary/aromatic N) is 4. The second-order valence-electron chi connectivity index (χ2n) is 7.65. The van der Waals surface area contributed by atoms with E-state index < -0.39 is 6.10 Å². The van der Waals surface area contributed by atoms with Crippen LogP contribution < -0.4 is 23.8 Å². The van der Waals surface area contributed by atoms with E-state index in [4.69, 9.17) is 23.9 Å². The van der Waals surface area contributed by atoms with Gasteiger partial charge < -0.3 is 23.5 Å².